The van der Waals surface area contributed by atoms with Crippen molar-refractivity contribution in [2.75, 3.05) is 11.9 Å². The van der Waals surface area contributed by atoms with Crippen molar-refractivity contribution >= 4 is 46.3 Å². The Morgan fingerprint density at radius 3 is 2.68 bits per heavy atom. The molecule has 0 saturated carbocycles. The summed E-state index contributed by atoms with van der Waals surface area (Å²) in [6.07, 6.45) is 2.13. The number of aromatic nitrogens is 2. The SMILES string of the molecule is CCCCOC(=O)NC1=NC(C)(c2cc(NC(=O)OC(C)(C)C)ccc2F)Cn2cc(I)nc21. The molecule has 0 fully saturated rings. The molecular formula is C23H29FIN5O4. The largest absolute Gasteiger partial charge is 0.449 e. The molecule has 1 unspecified atom stereocenters. The van der Waals surface area contributed by atoms with Gasteiger partial charge in [-0.2, -0.15) is 0 Å². The summed E-state index contributed by atoms with van der Waals surface area (Å²) in [5.41, 5.74) is -1.16. The van der Waals surface area contributed by atoms with E-state index in [1.807, 2.05) is 11.5 Å². The number of carbonyl (C=O) groups is 2. The minimum Gasteiger partial charge on any atom is -0.449 e. The Bertz CT molecular complexity index is 1110. The van der Waals surface area contributed by atoms with E-state index < -0.39 is 29.1 Å². The first-order valence-corrected chi connectivity index (χ1v) is 12.0. The van der Waals surface area contributed by atoms with Crippen LogP contribution in [-0.4, -0.2) is 39.8 Å². The third-order valence-electron chi connectivity index (χ3n) is 4.94. The Hall–Kier alpha value is -2.70. The van der Waals surface area contributed by atoms with Crippen molar-refractivity contribution < 1.29 is 23.5 Å². The molecule has 34 heavy (non-hydrogen) atoms. The molecule has 2 N–H and O–H groups in total. The first-order chi connectivity index (χ1) is 15.9. The normalized spacial score (nSPS) is 17.4. The van der Waals surface area contributed by atoms with Crippen molar-refractivity contribution in [1.29, 1.82) is 0 Å². The van der Waals surface area contributed by atoms with Crippen LogP contribution in [0.2, 0.25) is 0 Å². The second kappa shape index (κ2) is 10.3. The lowest BCUT2D eigenvalue weighted by atomic mass is 9.90. The third-order valence-corrected chi connectivity index (χ3v) is 5.46. The van der Waals surface area contributed by atoms with Crippen LogP contribution < -0.4 is 10.6 Å². The van der Waals surface area contributed by atoms with Crippen LogP contribution in [0.5, 0.6) is 0 Å². The monoisotopic (exact) mass is 585 g/mol. The van der Waals surface area contributed by atoms with Crippen molar-refractivity contribution in [2.24, 2.45) is 4.99 Å². The number of rotatable bonds is 5. The number of nitrogens with zero attached hydrogens (tertiary/aromatic N) is 3. The van der Waals surface area contributed by atoms with Gasteiger partial charge in [-0.15, -0.1) is 0 Å². The van der Waals surface area contributed by atoms with Crippen LogP contribution in [0.1, 0.15) is 58.8 Å². The first-order valence-electron chi connectivity index (χ1n) is 11.0. The average molecular weight is 585 g/mol. The van der Waals surface area contributed by atoms with Crippen molar-refractivity contribution in [3.05, 3.63) is 45.3 Å². The van der Waals surface area contributed by atoms with Gasteiger partial charge in [0, 0.05) is 17.4 Å². The standard InChI is InChI=1S/C23H29FIN5O4/c1-6-7-10-33-20(31)28-18-19-27-17(25)12-30(19)13-23(5,29-18)15-11-14(8-9-16(15)24)26-21(32)34-22(2,3)4/h8-9,11-12H,6-7,10,13H2,1-5H3,(H,26,32)(H,28,29,31). The second-order valence-electron chi connectivity index (χ2n) is 9.19. The van der Waals surface area contributed by atoms with Crippen molar-refractivity contribution in [1.82, 2.24) is 14.9 Å². The van der Waals surface area contributed by atoms with Gasteiger partial charge >= 0.3 is 12.2 Å². The van der Waals surface area contributed by atoms with Crippen molar-refractivity contribution in [2.45, 2.75) is 65.1 Å². The van der Waals surface area contributed by atoms with E-state index in [0.717, 1.165) is 12.8 Å². The molecule has 2 amide bonds. The van der Waals surface area contributed by atoms with Gasteiger partial charge in [0.15, 0.2) is 11.7 Å². The predicted octanol–water partition coefficient (Wildman–Crippen LogP) is 5.18. The number of anilines is 1. The lowest BCUT2D eigenvalue weighted by Gasteiger charge is -2.32. The number of halogens is 2. The molecule has 2 heterocycles. The molecule has 1 aromatic carbocycles. The summed E-state index contributed by atoms with van der Waals surface area (Å²) in [5, 5.41) is 5.29. The second-order valence-corrected chi connectivity index (χ2v) is 10.3. The van der Waals surface area contributed by atoms with Gasteiger partial charge in [-0.1, -0.05) is 13.3 Å². The molecule has 2 aromatic rings. The van der Waals surface area contributed by atoms with E-state index >= 15 is 4.39 Å². The third kappa shape index (κ3) is 6.45. The van der Waals surface area contributed by atoms with E-state index in [0.29, 0.717) is 15.2 Å². The highest BCUT2D eigenvalue weighted by atomic mass is 127. The number of amides is 2. The fourth-order valence-electron chi connectivity index (χ4n) is 3.47. The van der Waals surface area contributed by atoms with Crippen LogP contribution >= 0.6 is 22.6 Å². The zero-order valence-corrected chi connectivity index (χ0v) is 22.0. The number of ether oxygens (including phenoxy) is 2. The Labute approximate surface area is 211 Å². The fourth-order valence-corrected chi connectivity index (χ4v) is 4.03. The summed E-state index contributed by atoms with van der Waals surface area (Å²) in [5.74, 6) is 0.143. The Morgan fingerprint density at radius 2 is 2.00 bits per heavy atom. The predicted molar refractivity (Wildman–Crippen MR) is 134 cm³/mol. The number of alkyl carbamates (subject to hydrolysis) is 1. The van der Waals surface area contributed by atoms with Gasteiger partial charge in [0.2, 0.25) is 0 Å². The minimum absolute atomic E-state index is 0.183. The summed E-state index contributed by atoms with van der Waals surface area (Å²) in [6.45, 7) is 9.58. The number of unbranched alkanes of at least 4 members (excludes halogenated alkanes) is 1. The highest BCUT2D eigenvalue weighted by Gasteiger charge is 2.37. The zero-order valence-electron chi connectivity index (χ0n) is 19.9. The molecule has 9 nitrogen and oxygen atoms in total. The quantitative estimate of drug-likeness (QED) is 0.372. The summed E-state index contributed by atoms with van der Waals surface area (Å²) >= 11 is 2.07. The molecular weight excluding hydrogens is 556 g/mol. The zero-order chi connectivity index (χ0) is 25.1. The summed E-state index contributed by atoms with van der Waals surface area (Å²) in [4.78, 5) is 33.6. The van der Waals surface area contributed by atoms with E-state index in [2.05, 4.69) is 43.2 Å². The molecule has 1 aliphatic heterocycles. The van der Waals surface area contributed by atoms with Gasteiger partial charge in [-0.25, -0.2) is 19.0 Å². The van der Waals surface area contributed by atoms with Gasteiger partial charge in [-0.3, -0.25) is 15.6 Å². The van der Waals surface area contributed by atoms with Crippen LogP contribution in [0.3, 0.4) is 0 Å². The molecule has 1 atom stereocenters. The first kappa shape index (κ1) is 25.9. The summed E-state index contributed by atoms with van der Waals surface area (Å²) in [7, 11) is 0. The molecule has 0 saturated heterocycles. The summed E-state index contributed by atoms with van der Waals surface area (Å²) in [6, 6.07) is 4.24. The molecule has 0 spiro atoms. The summed E-state index contributed by atoms with van der Waals surface area (Å²) < 4.78 is 28.0. The van der Waals surface area contributed by atoms with E-state index in [4.69, 9.17) is 9.47 Å². The van der Waals surface area contributed by atoms with Crippen LogP contribution in [-0.2, 0) is 21.6 Å². The van der Waals surface area contributed by atoms with Gasteiger partial charge in [0.1, 0.15) is 20.7 Å². The average Bonchev–Trinajstić information content (AvgIpc) is 3.08. The molecule has 0 aliphatic carbocycles. The van der Waals surface area contributed by atoms with E-state index in [9.17, 15) is 9.59 Å². The van der Waals surface area contributed by atoms with Crippen molar-refractivity contribution in [3.63, 3.8) is 0 Å². The molecule has 0 radical (unpaired) electrons. The van der Waals surface area contributed by atoms with Gasteiger partial charge in [0.05, 0.1) is 13.2 Å². The number of benzene rings is 1. The van der Waals surface area contributed by atoms with Gasteiger partial charge < -0.3 is 14.0 Å². The maximum absolute atomic E-state index is 15.0. The molecule has 3 rings (SSSR count). The molecule has 11 heteroatoms. The molecule has 1 aromatic heterocycles. The number of carbonyl (C=O) groups excluding carboxylic acids is 2. The molecule has 184 valence electrons. The van der Waals surface area contributed by atoms with E-state index in [1.54, 1.807) is 33.9 Å². The lowest BCUT2D eigenvalue weighted by molar-refractivity contribution is 0.0635. The van der Waals surface area contributed by atoms with Crippen LogP contribution in [0.25, 0.3) is 0 Å². The topological polar surface area (TPSA) is 107 Å². The Morgan fingerprint density at radius 1 is 1.26 bits per heavy atom. The van der Waals surface area contributed by atoms with E-state index in [-0.39, 0.29) is 24.6 Å². The van der Waals surface area contributed by atoms with Crippen molar-refractivity contribution in [3.8, 4) is 0 Å². The molecule has 0 bridgehead atoms. The molecule has 1 aliphatic rings. The van der Waals surface area contributed by atoms with Crippen LogP contribution in [0.15, 0.2) is 29.4 Å². The fraction of sp³-hybridized carbons (Fsp3) is 0.478. The highest BCUT2D eigenvalue weighted by Crippen LogP contribution is 2.35. The minimum atomic E-state index is -1.10. The maximum atomic E-state index is 15.0. The van der Waals surface area contributed by atoms with E-state index in [1.165, 1.54) is 18.2 Å². The Kier molecular flexibility index (Phi) is 7.84. The smallest absolute Gasteiger partial charge is 0.412 e. The maximum Gasteiger partial charge on any atom is 0.412 e. The van der Waals surface area contributed by atoms with Gasteiger partial charge in [0.25, 0.3) is 0 Å². The number of aliphatic imine (C=N–C) groups is 1. The Balaban J connectivity index is 1.93. The number of hydrogen-bond donors (Lipinski definition) is 2. The highest BCUT2D eigenvalue weighted by molar-refractivity contribution is 14.1. The number of amidine groups is 1. The van der Waals surface area contributed by atoms with Gasteiger partial charge in [-0.05, 0) is 74.9 Å². The lowest BCUT2D eigenvalue weighted by Crippen LogP contribution is -2.42. The number of fused-ring (bicyclic) bond motifs is 1. The van der Waals surface area contributed by atoms with Crippen LogP contribution in [0, 0.1) is 9.52 Å². The number of nitrogens with one attached hydrogen (secondary N) is 2. The number of imidazole rings is 1. The van der Waals surface area contributed by atoms with Crippen LogP contribution in [0.4, 0.5) is 19.7 Å². The number of hydrogen-bond acceptors (Lipinski definition) is 6.